The minimum Gasteiger partial charge on any atom is -0.481 e. The fraction of sp³-hybridized carbons (Fsp3) is 0.176. The molecule has 130 valence electrons. The van der Waals surface area contributed by atoms with Gasteiger partial charge >= 0.3 is 5.97 Å². The van der Waals surface area contributed by atoms with Gasteiger partial charge in [0.1, 0.15) is 0 Å². The number of amides is 1. The van der Waals surface area contributed by atoms with Gasteiger partial charge in [-0.1, -0.05) is 30.3 Å². The molecule has 2 aromatic carbocycles. The van der Waals surface area contributed by atoms with E-state index in [0.29, 0.717) is 12.2 Å². The van der Waals surface area contributed by atoms with Crippen LogP contribution in [0.4, 0.5) is 11.4 Å². The number of aliphatic carboxylic acids is 1. The predicted octanol–water partition coefficient (Wildman–Crippen LogP) is 2.17. The maximum Gasteiger partial charge on any atom is 0.305 e. The molecule has 0 saturated heterocycles. The van der Waals surface area contributed by atoms with Gasteiger partial charge in [0, 0.05) is 24.4 Å². The molecule has 8 heteroatoms. The lowest BCUT2D eigenvalue weighted by atomic mass is 10.1. The van der Waals surface area contributed by atoms with Crippen molar-refractivity contribution in [3.63, 3.8) is 0 Å². The van der Waals surface area contributed by atoms with E-state index in [-0.39, 0.29) is 12.1 Å². The van der Waals surface area contributed by atoms with Crippen molar-refractivity contribution in [1.82, 2.24) is 5.32 Å². The van der Waals surface area contributed by atoms with Gasteiger partial charge in [-0.2, -0.15) is 0 Å². The van der Waals surface area contributed by atoms with E-state index >= 15 is 0 Å². The van der Waals surface area contributed by atoms with E-state index < -0.39 is 22.8 Å². The fourth-order valence-corrected chi connectivity index (χ4v) is 2.16. The zero-order valence-electron chi connectivity index (χ0n) is 13.2. The summed E-state index contributed by atoms with van der Waals surface area (Å²) in [4.78, 5) is 33.4. The molecule has 0 saturated carbocycles. The van der Waals surface area contributed by atoms with E-state index in [2.05, 4.69) is 10.6 Å². The Hall–Kier alpha value is -3.26. The molecule has 0 aliphatic carbocycles. The Bertz CT molecular complexity index is 747. The average molecular weight is 343 g/mol. The van der Waals surface area contributed by atoms with Gasteiger partial charge in [0.25, 0.3) is 5.69 Å². The first-order valence-electron chi connectivity index (χ1n) is 7.50. The predicted molar refractivity (Wildman–Crippen MR) is 91.0 cm³/mol. The van der Waals surface area contributed by atoms with Gasteiger partial charge in [0.05, 0.1) is 17.4 Å². The van der Waals surface area contributed by atoms with Crippen LogP contribution >= 0.6 is 0 Å². The number of nitro benzene ring substituents is 1. The van der Waals surface area contributed by atoms with Crippen LogP contribution in [0.2, 0.25) is 0 Å². The second-order valence-electron chi connectivity index (χ2n) is 5.31. The molecule has 8 nitrogen and oxygen atoms in total. The first-order chi connectivity index (χ1) is 12.0. The van der Waals surface area contributed by atoms with Gasteiger partial charge < -0.3 is 15.7 Å². The van der Waals surface area contributed by atoms with Crippen molar-refractivity contribution in [1.29, 1.82) is 0 Å². The number of non-ortho nitro benzene ring substituents is 1. The van der Waals surface area contributed by atoms with Gasteiger partial charge in [-0.3, -0.25) is 19.7 Å². The zero-order chi connectivity index (χ0) is 18.2. The lowest BCUT2D eigenvalue weighted by Crippen LogP contribution is -2.41. The number of carbonyl (C=O) groups excluding carboxylic acids is 1. The number of benzene rings is 2. The van der Waals surface area contributed by atoms with Crippen LogP contribution in [0.15, 0.2) is 54.6 Å². The third-order valence-electron chi connectivity index (χ3n) is 3.44. The molecule has 0 fully saturated rings. The number of hydrogen-bond acceptors (Lipinski definition) is 5. The van der Waals surface area contributed by atoms with E-state index in [4.69, 9.17) is 5.11 Å². The van der Waals surface area contributed by atoms with Crippen molar-refractivity contribution in [2.45, 2.75) is 19.0 Å². The molecule has 3 N–H and O–H groups in total. The quantitative estimate of drug-likeness (QED) is 0.499. The Morgan fingerprint density at radius 2 is 1.72 bits per heavy atom. The molecular weight excluding hydrogens is 326 g/mol. The van der Waals surface area contributed by atoms with Crippen LogP contribution in [0.3, 0.4) is 0 Å². The molecule has 0 aromatic heterocycles. The summed E-state index contributed by atoms with van der Waals surface area (Å²) in [7, 11) is 0. The van der Waals surface area contributed by atoms with Crippen molar-refractivity contribution < 1.29 is 19.6 Å². The maximum absolute atomic E-state index is 12.3. The third-order valence-corrected chi connectivity index (χ3v) is 3.44. The highest BCUT2D eigenvalue weighted by atomic mass is 16.6. The number of rotatable bonds is 8. The molecule has 0 unspecified atom stereocenters. The highest BCUT2D eigenvalue weighted by Gasteiger charge is 2.21. The topological polar surface area (TPSA) is 122 Å². The molecule has 0 bridgehead atoms. The Morgan fingerprint density at radius 3 is 2.28 bits per heavy atom. The highest BCUT2D eigenvalue weighted by Crippen LogP contribution is 2.15. The summed E-state index contributed by atoms with van der Waals surface area (Å²) < 4.78 is 0. The minimum absolute atomic E-state index is 0.0951. The maximum atomic E-state index is 12.3. The number of nitro groups is 1. The third kappa shape index (κ3) is 5.70. The monoisotopic (exact) mass is 343 g/mol. The van der Waals surface area contributed by atoms with Gasteiger partial charge in [-0.15, -0.1) is 0 Å². The molecule has 0 radical (unpaired) electrons. The second-order valence-corrected chi connectivity index (χ2v) is 5.31. The molecule has 1 atom stereocenters. The Balaban J connectivity index is 2.01. The number of nitrogens with one attached hydrogen (secondary N) is 2. The standard InChI is InChI=1S/C17H17N3O5/c21-16(22)10-15(18-11-12-4-2-1-3-5-12)17(23)19-13-6-8-14(9-7-13)20(24)25/h1-9,15,18H,10-11H2,(H,19,23)(H,21,22)/t15-/m1/s1. The number of carbonyl (C=O) groups is 2. The van der Waals surface area contributed by atoms with E-state index in [1.165, 1.54) is 24.3 Å². The van der Waals surface area contributed by atoms with Crippen LogP contribution in [0.5, 0.6) is 0 Å². The number of anilines is 1. The van der Waals surface area contributed by atoms with Gasteiger partial charge in [-0.25, -0.2) is 0 Å². The number of carboxylic acid groups (broad SMARTS) is 1. The summed E-state index contributed by atoms with van der Waals surface area (Å²) in [5.74, 6) is -1.63. The van der Waals surface area contributed by atoms with Crippen molar-refractivity contribution in [2.75, 3.05) is 5.32 Å². The van der Waals surface area contributed by atoms with Crippen LogP contribution in [-0.4, -0.2) is 27.9 Å². The van der Waals surface area contributed by atoms with E-state index in [1.54, 1.807) is 0 Å². The zero-order valence-corrected chi connectivity index (χ0v) is 13.2. The van der Waals surface area contributed by atoms with Gasteiger partial charge in [-0.05, 0) is 17.7 Å². The average Bonchev–Trinajstić information content (AvgIpc) is 2.59. The van der Waals surface area contributed by atoms with Crippen LogP contribution < -0.4 is 10.6 Å². The van der Waals surface area contributed by atoms with Gasteiger partial charge in [0.2, 0.25) is 5.91 Å². The van der Waals surface area contributed by atoms with Crippen LogP contribution in [0, 0.1) is 10.1 Å². The molecule has 25 heavy (non-hydrogen) atoms. The molecular formula is C17H17N3O5. The van der Waals surface area contributed by atoms with Crippen molar-refractivity contribution in [3.05, 3.63) is 70.3 Å². The van der Waals surface area contributed by atoms with Crippen LogP contribution in [0.25, 0.3) is 0 Å². The fourth-order valence-electron chi connectivity index (χ4n) is 2.16. The molecule has 2 aromatic rings. The summed E-state index contributed by atoms with van der Waals surface area (Å²) in [6.07, 6.45) is -0.383. The molecule has 0 aliphatic rings. The van der Waals surface area contributed by atoms with Crippen molar-refractivity contribution >= 4 is 23.3 Å². The first kappa shape index (κ1) is 18.1. The molecule has 2 rings (SSSR count). The Kier molecular flexibility index (Phi) is 6.19. The summed E-state index contributed by atoms with van der Waals surface area (Å²) in [5, 5.41) is 25.1. The molecule has 0 aliphatic heterocycles. The summed E-state index contributed by atoms with van der Waals surface area (Å²) in [6.45, 7) is 0.340. The van der Waals surface area contributed by atoms with Crippen LogP contribution in [0.1, 0.15) is 12.0 Å². The number of carboxylic acids is 1. The SMILES string of the molecule is O=C(O)C[C@@H](NCc1ccccc1)C(=O)Nc1ccc([N+](=O)[O-])cc1. The Labute approximate surface area is 143 Å². The lowest BCUT2D eigenvalue weighted by Gasteiger charge is -2.17. The first-order valence-corrected chi connectivity index (χ1v) is 7.50. The smallest absolute Gasteiger partial charge is 0.305 e. The lowest BCUT2D eigenvalue weighted by molar-refractivity contribution is -0.384. The van der Waals surface area contributed by atoms with Crippen molar-refractivity contribution in [2.24, 2.45) is 0 Å². The second kappa shape index (κ2) is 8.55. The highest BCUT2D eigenvalue weighted by molar-refractivity contribution is 5.96. The number of nitrogens with zero attached hydrogens (tertiary/aromatic N) is 1. The van der Waals surface area contributed by atoms with Gasteiger partial charge in [0.15, 0.2) is 0 Å². The minimum atomic E-state index is -1.11. The largest absolute Gasteiger partial charge is 0.481 e. The molecule has 0 spiro atoms. The molecule has 1 amide bonds. The number of hydrogen-bond donors (Lipinski definition) is 3. The normalized spacial score (nSPS) is 11.5. The van der Waals surface area contributed by atoms with Crippen LogP contribution in [-0.2, 0) is 16.1 Å². The van der Waals surface area contributed by atoms with E-state index in [1.807, 2.05) is 30.3 Å². The Morgan fingerprint density at radius 1 is 1.08 bits per heavy atom. The van der Waals surface area contributed by atoms with E-state index in [9.17, 15) is 19.7 Å². The molecule has 0 heterocycles. The summed E-state index contributed by atoms with van der Waals surface area (Å²) in [6, 6.07) is 13.7. The summed E-state index contributed by atoms with van der Waals surface area (Å²) in [5.41, 5.74) is 1.18. The van der Waals surface area contributed by atoms with Crippen molar-refractivity contribution in [3.8, 4) is 0 Å². The van der Waals surface area contributed by atoms with E-state index in [0.717, 1.165) is 5.56 Å². The summed E-state index contributed by atoms with van der Waals surface area (Å²) >= 11 is 0.